The quantitative estimate of drug-likeness (QED) is 0.548. The summed E-state index contributed by atoms with van der Waals surface area (Å²) in [5.74, 6) is -0.318. The lowest BCUT2D eigenvalue weighted by molar-refractivity contribution is -0.136. The second kappa shape index (κ2) is 4.42. The lowest BCUT2D eigenvalue weighted by Crippen LogP contribution is -2.38. The van der Waals surface area contributed by atoms with Gasteiger partial charge in [0.15, 0.2) is 0 Å². The Morgan fingerprint density at radius 2 is 2.33 bits per heavy atom. The predicted molar refractivity (Wildman–Crippen MR) is 45.8 cm³/mol. The fourth-order valence-corrected chi connectivity index (χ4v) is 1.81. The maximum atomic E-state index is 10.3. The monoisotopic (exact) mass is 172 g/mol. The van der Waals surface area contributed by atoms with Gasteiger partial charge in [0.25, 0.3) is 0 Å². The molecular weight excluding hydrogens is 156 g/mol. The molecule has 1 fully saturated rings. The van der Waals surface area contributed by atoms with Gasteiger partial charge in [0.05, 0.1) is 6.54 Å². The molecule has 0 heterocycles. The van der Waals surface area contributed by atoms with Crippen LogP contribution in [0.5, 0.6) is 0 Å². The Kier molecular flexibility index (Phi) is 3.49. The molecule has 4 nitrogen and oxygen atoms in total. The van der Waals surface area contributed by atoms with Crippen molar-refractivity contribution in [3.05, 3.63) is 0 Å². The van der Waals surface area contributed by atoms with Gasteiger partial charge in [-0.2, -0.15) is 0 Å². The number of hydrogen-bond donors (Lipinski definition) is 3. The van der Waals surface area contributed by atoms with E-state index in [1.807, 2.05) is 0 Å². The Bertz CT molecular complexity index is 161. The van der Waals surface area contributed by atoms with Crippen LogP contribution in [0.25, 0.3) is 0 Å². The van der Waals surface area contributed by atoms with Gasteiger partial charge in [-0.05, 0) is 25.3 Å². The molecule has 70 valence electrons. The van der Waals surface area contributed by atoms with Crippen LogP contribution in [0.1, 0.15) is 19.3 Å². The molecular formula is C8H16N2O2. The van der Waals surface area contributed by atoms with Crippen molar-refractivity contribution < 1.29 is 9.90 Å². The molecule has 2 unspecified atom stereocenters. The van der Waals surface area contributed by atoms with Gasteiger partial charge in [-0.1, -0.05) is 6.42 Å². The highest BCUT2D eigenvalue weighted by Gasteiger charge is 2.25. The van der Waals surface area contributed by atoms with Gasteiger partial charge < -0.3 is 16.2 Å². The van der Waals surface area contributed by atoms with Crippen LogP contribution in [0, 0.1) is 5.92 Å². The van der Waals surface area contributed by atoms with Crippen LogP contribution in [0.15, 0.2) is 0 Å². The van der Waals surface area contributed by atoms with Crippen molar-refractivity contribution in [2.45, 2.75) is 25.3 Å². The minimum atomic E-state index is -0.794. The highest BCUT2D eigenvalue weighted by atomic mass is 16.4. The molecule has 4 N–H and O–H groups in total. The molecule has 0 radical (unpaired) electrons. The minimum Gasteiger partial charge on any atom is -0.480 e. The van der Waals surface area contributed by atoms with Crippen molar-refractivity contribution in [3.8, 4) is 0 Å². The van der Waals surface area contributed by atoms with Gasteiger partial charge in [0.1, 0.15) is 0 Å². The number of aliphatic carboxylic acids is 1. The van der Waals surface area contributed by atoms with Gasteiger partial charge in [-0.25, -0.2) is 0 Å². The maximum Gasteiger partial charge on any atom is 0.317 e. The smallest absolute Gasteiger partial charge is 0.317 e. The standard InChI is InChI=1S/C8H16N2O2/c9-4-6-2-1-3-7(6)10-5-8(11)12/h6-7,10H,1-5,9H2,(H,11,12). The summed E-state index contributed by atoms with van der Waals surface area (Å²) in [6, 6.07) is 0.325. The molecule has 0 aliphatic heterocycles. The first-order valence-electron chi connectivity index (χ1n) is 4.39. The fraction of sp³-hybridized carbons (Fsp3) is 0.875. The highest BCUT2D eigenvalue weighted by Crippen LogP contribution is 2.24. The van der Waals surface area contributed by atoms with Crippen molar-refractivity contribution in [1.82, 2.24) is 5.32 Å². The third-order valence-electron chi connectivity index (χ3n) is 2.48. The van der Waals surface area contributed by atoms with Crippen LogP contribution < -0.4 is 11.1 Å². The summed E-state index contributed by atoms with van der Waals surface area (Å²) in [6.07, 6.45) is 3.36. The molecule has 2 atom stereocenters. The Balaban J connectivity index is 2.26. The summed E-state index contributed by atoms with van der Waals surface area (Å²) >= 11 is 0. The zero-order valence-electron chi connectivity index (χ0n) is 7.12. The van der Waals surface area contributed by atoms with Crippen molar-refractivity contribution in [1.29, 1.82) is 0 Å². The van der Waals surface area contributed by atoms with E-state index in [0.29, 0.717) is 18.5 Å². The largest absolute Gasteiger partial charge is 0.480 e. The van der Waals surface area contributed by atoms with Gasteiger partial charge >= 0.3 is 5.97 Å². The van der Waals surface area contributed by atoms with Gasteiger partial charge in [-0.3, -0.25) is 4.79 Å². The van der Waals surface area contributed by atoms with Crippen LogP contribution in [-0.2, 0) is 4.79 Å². The molecule has 0 aromatic heterocycles. The van der Waals surface area contributed by atoms with Gasteiger partial charge in [-0.15, -0.1) is 0 Å². The number of rotatable bonds is 4. The van der Waals surface area contributed by atoms with E-state index in [9.17, 15) is 4.79 Å². The van der Waals surface area contributed by atoms with E-state index < -0.39 is 5.97 Å². The lowest BCUT2D eigenvalue weighted by Gasteiger charge is -2.17. The molecule has 0 aromatic rings. The van der Waals surface area contributed by atoms with Crippen LogP contribution in [0.2, 0.25) is 0 Å². The molecule has 0 saturated heterocycles. The normalized spacial score (nSPS) is 29.1. The molecule has 0 amide bonds. The van der Waals surface area contributed by atoms with Crippen molar-refractivity contribution in [2.24, 2.45) is 11.7 Å². The van der Waals surface area contributed by atoms with E-state index in [1.54, 1.807) is 0 Å². The summed E-state index contributed by atoms with van der Waals surface area (Å²) in [7, 11) is 0. The summed E-state index contributed by atoms with van der Waals surface area (Å²) in [5.41, 5.74) is 5.54. The summed E-state index contributed by atoms with van der Waals surface area (Å²) in [5, 5.41) is 11.4. The minimum absolute atomic E-state index is 0.0567. The second-order valence-electron chi connectivity index (χ2n) is 3.31. The summed E-state index contributed by atoms with van der Waals surface area (Å²) in [4.78, 5) is 10.3. The highest BCUT2D eigenvalue weighted by molar-refractivity contribution is 5.69. The van der Waals surface area contributed by atoms with E-state index in [-0.39, 0.29) is 6.54 Å². The first-order chi connectivity index (χ1) is 5.74. The average Bonchev–Trinajstić information content (AvgIpc) is 2.47. The van der Waals surface area contributed by atoms with Crippen LogP contribution in [0.4, 0.5) is 0 Å². The predicted octanol–water partition coefficient (Wildman–Crippen LogP) is -0.212. The number of nitrogens with one attached hydrogen (secondary N) is 1. The summed E-state index contributed by atoms with van der Waals surface area (Å²) in [6.45, 7) is 0.721. The Morgan fingerprint density at radius 1 is 1.58 bits per heavy atom. The molecule has 0 bridgehead atoms. The average molecular weight is 172 g/mol. The number of hydrogen-bond acceptors (Lipinski definition) is 3. The Labute approximate surface area is 72.1 Å². The maximum absolute atomic E-state index is 10.3. The molecule has 0 spiro atoms. The Hall–Kier alpha value is -0.610. The number of carboxylic acids is 1. The van der Waals surface area contributed by atoms with Crippen LogP contribution in [-0.4, -0.2) is 30.2 Å². The van der Waals surface area contributed by atoms with E-state index in [0.717, 1.165) is 12.8 Å². The van der Waals surface area contributed by atoms with Crippen LogP contribution in [0.3, 0.4) is 0 Å². The SMILES string of the molecule is NCC1CCCC1NCC(=O)O. The van der Waals surface area contributed by atoms with Crippen LogP contribution >= 0.6 is 0 Å². The zero-order valence-corrected chi connectivity index (χ0v) is 7.12. The molecule has 0 aromatic carbocycles. The molecule has 1 aliphatic rings. The third kappa shape index (κ3) is 2.46. The van der Waals surface area contributed by atoms with Gasteiger partial charge in [0, 0.05) is 6.04 Å². The van der Waals surface area contributed by atoms with Crippen molar-refractivity contribution in [3.63, 3.8) is 0 Å². The Morgan fingerprint density at radius 3 is 2.92 bits per heavy atom. The van der Waals surface area contributed by atoms with E-state index >= 15 is 0 Å². The first-order valence-corrected chi connectivity index (χ1v) is 4.39. The summed E-state index contributed by atoms with van der Waals surface area (Å²) < 4.78 is 0. The van der Waals surface area contributed by atoms with E-state index in [2.05, 4.69) is 5.32 Å². The third-order valence-corrected chi connectivity index (χ3v) is 2.48. The molecule has 1 rings (SSSR count). The lowest BCUT2D eigenvalue weighted by atomic mass is 10.0. The number of carbonyl (C=O) groups is 1. The molecule has 12 heavy (non-hydrogen) atoms. The first kappa shape index (κ1) is 9.48. The second-order valence-corrected chi connectivity index (χ2v) is 3.31. The van der Waals surface area contributed by atoms with E-state index in [1.165, 1.54) is 6.42 Å². The number of nitrogens with two attached hydrogens (primary N) is 1. The van der Waals surface area contributed by atoms with Crippen molar-refractivity contribution in [2.75, 3.05) is 13.1 Å². The van der Waals surface area contributed by atoms with E-state index in [4.69, 9.17) is 10.8 Å². The topological polar surface area (TPSA) is 75.3 Å². The van der Waals surface area contributed by atoms with Gasteiger partial charge in [0.2, 0.25) is 0 Å². The molecule has 4 heteroatoms. The zero-order chi connectivity index (χ0) is 8.97. The molecule has 1 saturated carbocycles. The fourth-order valence-electron chi connectivity index (χ4n) is 1.81. The van der Waals surface area contributed by atoms with Crippen molar-refractivity contribution >= 4 is 5.97 Å². The number of carboxylic acid groups (broad SMARTS) is 1. The molecule has 1 aliphatic carbocycles.